The quantitative estimate of drug-likeness (QED) is 0.760. The SMILES string of the molecule is O=C(NC1CCC(O)(c2ccccc2)CC(O)C1)c1ccccc1. The molecule has 0 bridgehead atoms. The van der Waals surface area contributed by atoms with Crippen LogP contribution >= 0.6 is 0 Å². The molecule has 3 unspecified atom stereocenters. The number of hydrogen-bond acceptors (Lipinski definition) is 3. The summed E-state index contributed by atoms with van der Waals surface area (Å²) in [5, 5.41) is 24.3. The molecule has 126 valence electrons. The molecule has 1 aliphatic carbocycles. The molecule has 2 aromatic rings. The zero-order chi connectivity index (χ0) is 17.0. The van der Waals surface area contributed by atoms with Gasteiger partial charge < -0.3 is 15.5 Å². The van der Waals surface area contributed by atoms with E-state index in [4.69, 9.17) is 0 Å². The Labute approximate surface area is 142 Å². The van der Waals surface area contributed by atoms with Crippen LogP contribution in [0.4, 0.5) is 0 Å². The Hall–Kier alpha value is -2.17. The molecule has 0 radical (unpaired) electrons. The summed E-state index contributed by atoms with van der Waals surface area (Å²) in [6.07, 6.45) is 1.22. The summed E-state index contributed by atoms with van der Waals surface area (Å²) in [6.45, 7) is 0. The first-order valence-corrected chi connectivity index (χ1v) is 8.39. The normalized spacial score (nSPS) is 27.2. The summed E-state index contributed by atoms with van der Waals surface area (Å²) >= 11 is 0. The average molecular weight is 325 g/mol. The van der Waals surface area contributed by atoms with Crippen LogP contribution in [0.1, 0.15) is 41.6 Å². The van der Waals surface area contributed by atoms with Gasteiger partial charge in [-0.25, -0.2) is 0 Å². The highest BCUT2D eigenvalue weighted by Gasteiger charge is 2.36. The second-order valence-electron chi connectivity index (χ2n) is 6.57. The van der Waals surface area contributed by atoms with Gasteiger partial charge in [0, 0.05) is 18.0 Å². The fourth-order valence-electron chi connectivity index (χ4n) is 3.43. The van der Waals surface area contributed by atoms with Gasteiger partial charge in [-0.3, -0.25) is 4.79 Å². The van der Waals surface area contributed by atoms with E-state index in [1.165, 1.54) is 0 Å². The maximum atomic E-state index is 12.3. The lowest BCUT2D eigenvalue weighted by molar-refractivity contribution is -0.0137. The monoisotopic (exact) mass is 325 g/mol. The maximum Gasteiger partial charge on any atom is 0.251 e. The lowest BCUT2D eigenvalue weighted by Gasteiger charge is -2.28. The van der Waals surface area contributed by atoms with Gasteiger partial charge in [-0.1, -0.05) is 48.5 Å². The fraction of sp³-hybridized carbons (Fsp3) is 0.350. The van der Waals surface area contributed by atoms with Gasteiger partial charge in [-0.05, 0) is 37.0 Å². The standard InChI is InChI=1S/C20H23NO3/c22-18-13-17(21-19(23)15-7-3-1-4-8-15)11-12-20(24,14-18)16-9-5-2-6-10-16/h1-10,17-18,22,24H,11-14H2,(H,21,23). The minimum Gasteiger partial charge on any atom is -0.393 e. The minimum atomic E-state index is -1.05. The molecule has 1 saturated carbocycles. The van der Waals surface area contributed by atoms with Crippen LogP contribution in [0.2, 0.25) is 0 Å². The van der Waals surface area contributed by atoms with Crippen molar-refractivity contribution in [1.29, 1.82) is 0 Å². The zero-order valence-electron chi connectivity index (χ0n) is 13.6. The van der Waals surface area contributed by atoms with Crippen molar-refractivity contribution in [2.24, 2.45) is 0 Å². The van der Waals surface area contributed by atoms with Crippen molar-refractivity contribution in [3.63, 3.8) is 0 Å². The van der Waals surface area contributed by atoms with Crippen LogP contribution in [0.15, 0.2) is 60.7 Å². The molecule has 0 aromatic heterocycles. The molecule has 1 aliphatic rings. The van der Waals surface area contributed by atoms with Crippen LogP contribution in [-0.2, 0) is 5.60 Å². The molecule has 3 N–H and O–H groups in total. The number of amides is 1. The highest BCUT2D eigenvalue weighted by atomic mass is 16.3. The van der Waals surface area contributed by atoms with E-state index < -0.39 is 11.7 Å². The predicted molar refractivity (Wildman–Crippen MR) is 92.5 cm³/mol. The molecule has 1 amide bonds. The van der Waals surface area contributed by atoms with Crippen molar-refractivity contribution in [3.8, 4) is 0 Å². The van der Waals surface area contributed by atoms with Crippen molar-refractivity contribution in [1.82, 2.24) is 5.32 Å². The molecule has 1 fully saturated rings. The van der Waals surface area contributed by atoms with Crippen molar-refractivity contribution in [2.45, 2.75) is 43.4 Å². The first-order chi connectivity index (χ1) is 11.6. The highest BCUT2D eigenvalue weighted by molar-refractivity contribution is 5.94. The molecule has 0 spiro atoms. The fourth-order valence-corrected chi connectivity index (χ4v) is 3.43. The van der Waals surface area contributed by atoms with E-state index >= 15 is 0 Å². The average Bonchev–Trinajstić information content (AvgIpc) is 2.75. The maximum absolute atomic E-state index is 12.3. The summed E-state index contributed by atoms with van der Waals surface area (Å²) in [5.41, 5.74) is 0.376. The number of nitrogens with one attached hydrogen (secondary N) is 1. The van der Waals surface area contributed by atoms with E-state index in [-0.39, 0.29) is 18.4 Å². The lowest BCUT2D eigenvalue weighted by Crippen LogP contribution is -2.36. The molecule has 3 rings (SSSR count). The van der Waals surface area contributed by atoms with Crippen LogP contribution < -0.4 is 5.32 Å². The Morgan fingerprint density at radius 3 is 2.33 bits per heavy atom. The van der Waals surface area contributed by atoms with Crippen LogP contribution in [0.5, 0.6) is 0 Å². The third-order valence-corrected chi connectivity index (χ3v) is 4.72. The zero-order valence-corrected chi connectivity index (χ0v) is 13.6. The van der Waals surface area contributed by atoms with Gasteiger partial charge in [0.1, 0.15) is 0 Å². The first-order valence-electron chi connectivity index (χ1n) is 8.39. The number of carbonyl (C=O) groups is 1. The van der Waals surface area contributed by atoms with Gasteiger partial charge in [0.2, 0.25) is 0 Å². The van der Waals surface area contributed by atoms with E-state index in [1.54, 1.807) is 12.1 Å². The third kappa shape index (κ3) is 3.83. The minimum absolute atomic E-state index is 0.141. The second-order valence-corrected chi connectivity index (χ2v) is 6.57. The van der Waals surface area contributed by atoms with Gasteiger partial charge in [-0.2, -0.15) is 0 Å². The number of aliphatic hydroxyl groups excluding tert-OH is 1. The van der Waals surface area contributed by atoms with Crippen LogP contribution in [0, 0.1) is 0 Å². The van der Waals surface area contributed by atoms with Crippen LogP contribution in [0.25, 0.3) is 0 Å². The topological polar surface area (TPSA) is 69.6 Å². The van der Waals surface area contributed by atoms with Crippen molar-refractivity contribution in [2.75, 3.05) is 0 Å². The third-order valence-electron chi connectivity index (χ3n) is 4.72. The summed E-state index contributed by atoms with van der Waals surface area (Å²) in [4.78, 5) is 12.3. The van der Waals surface area contributed by atoms with Crippen molar-refractivity contribution < 1.29 is 15.0 Å². The van der Waals surface area contributed by atoms with E-state index in [9.17, 15) is 15.0 Å². The van der Waals surface area contributed by atoms with Gasteiger partial charge in [-0.15, -0.1) is 0 Å². The smallest absolute Gasteiger partial charge is 0.251 e. The van der Waals surface area contributed by atoms with E-state index in [1.807, 2.05) is 48.5 Å². The molecule has 4 nitrogen and oxygen atoms in total. The van der Waals surface area contributed by atoms with Gasteiger partial charge in [0.05, 0.1) is 11.7 Å². The van der Waals surface area contributed by atoms with E-state index in [0.717, 1.165) is 5.56 Å². The summed E-state index contributed by atoms with van der Waals surface area (Å²) in [6, 6.07) is 18.4. The molecule has 0 saturated heterocycles. The van der Waals surface area contributed by atoms with Crippen LogP contribution in [-0.4, -0.2) is 28.3 Å². The van der Waals surface area contributed by atoms with Crippen LogP contribution in [0.3, 0.4) is 0 Å². The summed E-state index contributed by atoms with van der Waals surface area (Å²) in [7, 11) is 0. The van der Waals surface area contributed by atoms with E-state index in [2.05, 4.69) is 5.32 Å². The molecule has 4 heteroatoms. The number of carbonyl (C=O) groups excluding carboxylic acids is 1. The molecule has 0 aliphatic heterocycles. The Kier molecular flexibility index (Phi) is 4.97. The summed E-state index contributed by atoms with van der Waals surface area (Å²) < 4.78 is 0. The Morgan fingerprint density at radius 1 is 1.04 bits per heavy atom. The first kappa shape index (κ1) is 16.7. The molecule has 2 aromatic carbocycles. The number of rotatable bonds is 3. The Bertz CT molecular complexity index is 674. The summed E-state index contributed by atoms with van der Waals surface area (Å²) in [5.74, 6) is -0.141. The van der Waals surface area contributed by atoms with Crippen molar-refractivity contribution >= 4 is 5.91 Å². The highest BCUT2D eigenvalue weighted by Crippen LogP contribution is 2.36. The molecule has 0 heterocycles. The van der Waals surface area contributed by atoms with E-state index in [0.29, 0.717) is 24.8 Å². The number of aliphatic hydroxyl groups is 2. The largest absolute Gasteiger partial charge is 0.393 e. The number of benzene rings is 2. The van der Waals surface area contributed by atoms with Crippen molar-refractivity contribution in [3.05, 3.63) is 71.8 Å². The molecular weight excluding hydrogens is 302 g/mol. The number of hydrogen-bond donors (Lipinski definition) is 3. The predicted octanol–water partition coefficient (Wildman–Crippen LogP) is 2.61. The van der Waals surface area contributed by atoms with Gasteiger partial charge >= 0.3 is 0 Å². The molecule has 24 heavy (non-hydrogen) atoms. The second kappa shape index (κ2) is 7.16. The Morgan fingerprint density at radius 2 is 1.67 bits per heavy atom. The lowest BCUT2D eigenvalue weighted by atomic mass is 9.86. The Balaban J connectivity index is 1.70. The molecule has 3 atom stereocenters. The van der Waals surface area contributed by atoms with Gasteiger partial charge in [0.25, 0.3) is 5.91 Å². The van der Waals surface area contributed by atoms with Gasteiger partial charge in [0.15, 0.2) is 0 Å². The molecular formula is C20H23NO3.